The van der Waals surface area contributed by atoms with Crippen molar-refractivity contribution >= 4 is 50.1 Å². The third-order valence-electron chi connectivity index (χ3n) is 4.93. The van der Waals surface area contributed by atoms with Gasteiger partial charge in [-0.1, -0.05) is 52.3 Å². The maximum absolute atomic E-state index is 12.5. The topological polar surface area (TPSA) is 36.1 Å². The Balaban J connectivity index is 1.30. The molecular formula is C22H21BrN2OS. The zero-order valence-electron chi connectivity index (χ0n) is 15.0. The van der Waals surface area contributed by atoms with E-state index in [1.807, 2.05) is 11.0 Å². The summed E-state index contributed by atoms with van der Waals surface area (Å²) in [7, 11) is 0. The maximum atomic E-state index is 12.5. The summed E-state index contributed by atoms with van der Waals surface area (Å²) in [4.78, 5) is 17.8. The molecular weight excluding hydrogens is 420 g/mol. The Kier molecular flexibility index (Phi) is 5.69. The molecule has 0 atom stereocenters. The van der Waals surface area contributed by atoms with Crippen LogP contribution < -0.4 is 0 Å². The number of para-hydroxylation sites is 1. The molecule has 3 aromatic rings. The van der Waals surface area contributed by atoms with Gasteiger partial charge >= 0.3 is 0 Å². The molecule has 0 aliphatic carbocycles. The number of carbonyl (C=O) groups is 1. The monoisotopic (exact) mass is 440 g/mol. The van der Waals surface area contributed by atoms with Crippen LogP contribution >= 0.6 is 27.7 Å². The molecule has 1 amide bonds. The Morgan fingerprint density at radius 1 is 1.15 bits per heavy atom. The summed E-state index contributed by atoms with van der Waals surface area (Å²) in [5.41, 5.74) is 5.00. The van der Waals surface area contributed by atoms with E-state index in [-0.39, 0.29) is 5.91 Å². The first-order valence-electron chi connectivity index (χ1n) is 9.06. The quantitative estimate of drug-likeness (QED) is 0.569. The fraction of sp³-hybridized carbons (Fsp3) is 0.227. The molecule has 2 aromatic carbocycles. The smallest absolute Gasteiger partial charge is 0.232 e. The van der Waals surface area contributed by atoms with Crippen LogP contribution in [0.2, 0.25) is 0 Å². The van der Waals surface area contributed by atoms with Crippen molar-refractivity contribution in [2.24, 2.45) is 0 Å². The zero-order valence-corrected chi connectivity index (χ0v) is 17.4. The van der Waals surface area contributed by atoms with Crippen molar-refractivity contribution in [3.63, 3.8) is 0 Å². The van der Waals surface area contributed by atoms with Crippen LogP contribution in [0.4, 0.5) is 0 Å². The Morgan fingerprint density at radius 2 is 1.96 bits per heavy atom. The van der Waals surface area contributed by atoms with Gasteiger partial charge in [-0.05, 0) is 41.3 Å². The fourth-order valence-electron chi connectivity index (χ4n) is 3.41. The third kappa shape index (κ3) is 4.30. The van der Waals surface area contributed by atoms with Crippen LogP contribution in [0.5, 0.6) is 0 Å². The lowest BCUT2D eigenvalue weighted by molar-refractivity contribution is -0.127. The van der Waals surface area contributed by atoms with Gasteiger partial charge in [0.1, 0.15) is 0 Å². The van der Waals surface area contributed by atoms with Crippen LogP contribution in [0, 0.1) is 0 Å². The number of thioether (sulfide) groups is 1. The SMILES string of the molecule is O=C(CSCc1c[nH]c2ccccc12)N1CC=C(c2ccc(Br)cc2)CC1. The van der Waals surface area contributed by atoms with Crippen molar-refractivity contribution in [3.8, 4) is 0 Å². The number of benzene rings is 2. The van der Waals surface area contributed by atoms with Crippen LogP contribution in [0.25, 0.3) is 16.5 Å². The van der Waals surface area contributed by atoms with Gasteiger partial charge in [0.05, 0.1) is 5.75 Å². The number of aromatic amines is 1. The van der Waals surface area contributed by atoms with Crippen LogP contribution in [-0.2, 0) is 10.5 Å². The molecule has 0 spiro atoms. The molecule has 1 aromatic heterocycles. The molecule has 4 rings (SSSR count). The van der Waals surface area contributed by atoms with Crippen molar-refractivity contribution in [1.82, 2.24) is 9.88 Å². The third-order valence-corrected chi connectivity index (χ3v) is 6.43. The molecule has 1 N–H and O–H groups in total. The van der Waals surface area contributed by atoms with E-state index < -0.39 is 0 Å². The van der Waals surface area contributed by atoms with Crippen molar-refractivity contribution in [1.29, 1.82) is 0 Å². The summed E-state index contributed by atoms with van der Waals surface area (Å²) >= 11 is 5.16. The van der Waals surface area contributed by atoms with Gasteiger partial charge in [-0.25, -0.2) is 0 Å². The number of H-pyrrole nitrogens is 1. The highest BCUT2D eigenvalue weighted by atomic mass is 79.9. The number of amides is 1. The highest BCUT2D eigenvalue weighted by Gasteiger charge is 2.18. The molecule has 0 radical (unpaired) electrons. The van der Waals surface area contributed by atoms with Gasteiger partial charge in [0.2, 0.25) is 5.91 Å². The molecule has 0 bridgehead atoms. The molecule has 0 fully saturated rings. The number of fused-ring (bicyclic) bond motifs is 1. The number of carbonyl (C=O) groups excluding carboxylic acids is 1. The highest BCUT2D eigenvalue weighted by molar-refractivity contribution is 9.10. The van der Waals surface area contributed by atoms with E-state index in [2.05, 4.69) is 75.7 Å². The second-order valence-corrected chi connectivity index (χ2v) is 8.58. The van der Waals surface area contributed by atoms with Crippen molar-refractivity contribution in [2.75, 3.05) is 18.8 Å². The molecule has 138 valence electrons. The van der Waals surface area contributed by atoms with E-state index in [1.165, 1.54) is 22.1 Å². The van der Waals surface area contributed by atoms with Crippen molar-refractivity contribution < 1.29 is 4.79 Å². The summed E-state index contributed by atoms with van der Waals surface area (Å²) in [6, 6.07) is 16.7. The predicted molar refractivity (Wildman–Crippen MR) is 118 cm³/mol. The molecule has 2 heterocycles. The van der Waals surface area contributed by atoms with E-state index in [0.717, 1.165) is 28.7 Å². The number of hydrogen-bond donors (Lipinski definition) is 1. The van der Waals surface area contributed by atoms with Crippen LogP contribution in [0.3, 0.4) is 0 Å². The minimum Gasteiger partial charge on any atom is -0.361 e. The molecule has 3 nitrogen and oxygen atoms in total. The summed E-state index contributed by atoms with van der Waals surface area (Å²) in [6.45, 7) is 1.51. The molecule has 0 saturated heterocycles. The average Bonchev–Trinajstić information content (AvgIpc) is 3.12. The lowest BCUT2D eigenvalue weighted by Crippen LogP contribution is -2.35. The minimum atomic E-state index is 0.228. The lowest BCUT2D eigenvalue weighted by Gasteiger charge is -2.26. The number of halogens is 1. The van der Waals surface area contributed by atoms with Crippen LogP contribution in [-0.4, -0.2) is 34.6 Å². The van der Waals surface area contributed by atoms with Gasteiger partial charge in [-0.2, -0.15) is 0 Å². The predicted octanol–water partition coefficient (Wildman–Crippen LogP) is 5.48. The summed E-state index contributed by atoms with van der Waals surface area (Å²) < 4.78 is 1.09. The number of rotatable bonds is 5. The first-order valence-corrected chi connectivity index (χ1v) is 11.0. The Bertz CT molecular complexity index is 977. The fourth-order valence-corrected chi connectivity index (χ4v) is 4.59. The summed E-state index contributed by atoms with van der Waals surface area (Å²) in [5.74, 6) is 1.61. The van der Waals surface area contributed by atoms with E-state index in [1.54, 1.807) is 11.8 Å². The Labute approximate surface area is 172 Å². The maximum Gasteiger partial charge on any atom is 0.232 e. The molecule has 0 saturated carbocycles. The molecule has 27 heavy (non-hydrogen) atoms. The van der Waals surface area contributed by atoms with Crippen LogP contribution in [0.1, 0.15) is 17.5 Å². The van der Waals surface area contributed by atoms with E-state index in [9.17, 15) is 4.79 Å². The normalized spacial score (nSPS) is 14.4. The number of nitrogens with zero attached hydrogens (tertiary/aromatic N) is 1. The number of hydrogen-bond acceptors (Lipinski definition) is 2. The second-order valence-electron chi connectivity index (χ2n) is 6.68. The van der Waals surface area contributed by atoms with Gasteiger partial charge in [-0.15, -0.1) is 11.8 Å². The molecule has 1 aliphatic rings. The Hall–Kier alpha value is -1.98. The van der Waals surface area contributed by atoms with Crippen LogP contribution in [0.15, 0.2) is 65.3 Å². The van der Waals surface area contributed by atoms with E-state index in [0.29, 0.717) is 12.3 Å². The lowest BCUT2D eigenvalue weighted by atomic mass is 10.00. The second kappa shape index (κ2) is 8.36. The van der Waals surface area contributed by atoms with Gasteiger partial charge in [0.15, 0.2) is 0 Å². The van der Waals surface area contributed by atoms with E-state index >= 15 is 0 Å². The first kappa shape index (κ1) is 18.4. The van der Waals surface area contributed by atoms with Gasteiger partial charge in [0.25, 0.3) is 0 Å². The van der Waals surface area contributed by atoms with Gasteiger partial charge < -0.3 is 9.88 Å². The van der Waals surface area contributed by atoms with Crippen molar-refractivity contribution in [3.05, 3.63) is 76.4 Å². The van der Waals surface area contributed by atoms with E-state index in [4.69, 9.17) is 0 Å². The first-order chi connectivity index (χ1) is 13.2. The number of nitrogens with one attached hydrogen (secondary N) is 1. The zero-order chi connectivity index (χ0) is 18.6. The van der Waals surface area contributed by atoms with Crippen molar-refractivity contribution in [2.45, 2.75) is 12.2 Å². The van der Waals surface area contributed by atoms with Gasteiger partial charge in [0, 0.05) is 40.4 Å². The standard InChI is InChI=1S/C22H21BrN2OS/c23-19-7-5-16(6-8-19)17-9-11-25(12-10-17)22(26)15-27-14-18-13-24-21-4-2-1-3-20(18)21/h1-9,13,24H,10-12,14-15H2. The molecule has 0 unspecified atom stereocenters. The molecule has 5 heteroatoms. The minimum absolute atomic E-state index is 0.228. The van der Waals surface area contributed by atoms with Gasteiger partial charge in [-0.3, -0.25) is 4.79 Å². The highest BCUT2D eigenvalue weighted by Crippen LogP contribution is 2.25. The summed E-state index contributed by atoms with van der Waals surface area (Å²) in [5, 5.41) is 1.25. The number of aromatic nitrogens is 1. The Morgan fingerprint density at radius 3 is 2.74 bits per heavy atom. The average molecular weight is 441 g/mol. The summed E-state index contributed by atoms with van der Waals surface area (Å²) in [6.07, 6.45) is 5.16. The largest absolute Gasteiger partial charge is 0.361 e. The molecule has 1 aliphatic heterocycles.